The zero-order valence-electron chi connectivity index (χ0n) is 10.1. The lowest BCUT2D eigenvalue weighted by Crippen LogP contribution is -2.42. The smallest absolute Gasteiger partial charge is 0.420 e. The summed E-state index contributed by atoms with van der Waals surface area (Å²) in [4.78, 5) is 2.01. The topological polar surface area (TPSA) is 35.5 Å². The lowest BCUT2D eigenvalue weighted by atomic mass is 10.1. The van der Waals surface area contributed by atoms with Gasteiger partial charge in [-0.05, 0) is 12.1 Å². The predicted octanol–water partition coefficient (Wildman–Crippen LogP) is 2.58. The third-order valence-electron chi connectivity index (χ3n) is 3.06. The summed E-state index contributed by atoms with van der Waals surface area (Å²) in [5.74, 6) is -0.672. The largest absolute Gasteiger partial charge is 0.507 e. The van der Waals surface area contributed by atoms with Gasteiger partial charge in [0.15, 0.2) is 0 Å². The summed E-state index contributed by atoms with van der Waals surface area (Å²) in [7, 11) is 0. The molecular weight excluding hydrogens is 325 g/mol. The lowest BCUT2D eigenvalue weighted by Gasteiger charge is -2.27. The molecule has 0 aliphatic carbocycles. The van der Waals surface area contributed by atoms with Crippen molar-refractivity contribution in [2.45, 2.75) is 12.7 Å². The van der Waals surface area contributed by atoms with Gasteiger partial charge in [-0.1, -0.05) is 15.9 Å². The molecule has 1 aliphatic rings. The summed E-state index contributed by atoms with van der Waals surface area (Å²) < 4.78 is 38.7. The van der Waals surface area contributed by atoms with E-state index in [1.165, 1.54) is 6.07 Å². The standard InChI is InChI=1S/C12H14BrF3N2O/c13-9-5-8(7-18-3-1-17-2-4-18)11(19)10(6-9)12(14,15)16/h5-6,17,19H,1-4,7H2. The highest BCUT2D eigenvalue weighted by Gasteiger charge is 2.35. The third-order valence-corrected chi connectivity index (χ3v) is 3.52. The first-order valence-corrected chi connectivity index (χ1v) is 6.69. The van der Waals surface area contributed by atoms with Gasteiger partial charge >= 0.3 is 6.18 Å². The number of nitrogens with zero attached hydrogens (tertiary/aromatic N) is 1. The fourth-order valence-corrected chi connectivity index (χ4v) is 2.61. The number of phenols is 1. The first kappa shape index (κ1) is 14.6. The molecule has 0 spiro atoms. The summed E-state index contributed by atoms with van der Waals surface area (Å²) in [6.45, 7) is 3.44. The van der Waals surface area contributed by atoms with Crippen LogP contribution < -0.4 is 5.32 Å². The van der Waals surface area contributed by atoms with Crippen molar-refractivity contribution in [1.29, 1.82) is 0 Å². The van der Waals surface area contributed by atoms with E-state index in [0.717, 1.165) is 32.2 Å². The van der Waals surface area contributed by atoms with Crippen molar-refractivity contribution in [3.63, 3.8) is 0 Å². The maximum atomic E-state index is 12.8. The van der Waals surface area contributed by atoms with Crippen molar-refractivity contribution in [1.82, 2.24) is 10.2 Å². The molecule has 3 nitrogen and oxygen atoms in total. The molecule has 0 unspecified atom stereocenters. The number of rotatable bonds is 2. The molecular formula is C12H14BrF3N2O. The number of nitrogens with one attached hydrogen (secondary N) is 1. The zero-order chi connectivity index (χ0) is 14.0. The minimum atomic E-state index is -4.55. The van der Waals surface area contributed by atoms with E-state index in [2.05, 4.69) is 21.2 Å². The SMILES string of the molecule is Oc1c(CN2CCNCC2)cc(Br)cc1C(F)(F)F. The monoisotopic (exact) mass is 338 g/mol. The van der Waals surface area contributed by atoms with Crippen LogP contribution in [0.15, 0.2) is 16.6 Å². The molecule has 0 radical (unpaired) electrons. The van der Waals surface area contributed by atoms with Gasteiger partial charge in [0.05, 0.1) is 5.56 Å². The van der Waals surface area contributed by atoms with Crippen molar-refractivity contribution >= 4 is 15.9 Å². The number of hydrogen-bond donors (Lipinski definition) is 2. The van der Waals surface area contributed by atoms with Gasteiger partial charge in [0.2, 0.25) is 0 Å². The molecule has 1 aromatic rings. The van der Waals surface area contributed by atoms with Crippen LogP contribution in [-0.2, 0) is 12.7 Å². The zero-order valence-corrected chi connectivity index (χ0v) is 11.7. The van der Waals surface area contributed by atoms with Crippen LogP contribution in [0.5, 0.6) is 5.75 Å². The van der Waals surface area contributed by atoms with Gasteiger partial charge in [-0.2, -0.15) is 13.2 Å². The number of benzene rings is 1. The highest BCUT2D eigenvalue weighted by Crippen LogP contribution is 2.39. The Bertz CT molecular complexity index is 459. The van der Waals surface area contributed by atoms with Crippen molar-refractivity contribution in [3.05, 3.63) is 27.7 Å². The Morgan fingerprint density at radius 3 is 2.47 bits per heavy atom. The molecule has 0 bridgehead atoms. The van der Waals surface area contributed by atoms with Crippen molar-refractivity contribution < 1.29 is 18.3 Å². The molecule has 1 fully saturated rings. The molecule has 19 heavy (non-hydrogen) atoms. The molecule has 106 valence electrons. The van der Waals surface area contributed by atoms with Crippen molar-refractivity contribution in [3.8, 4) is 5.75 Å². The molecule has 2 N–H and O–H groups in total. The molecule has 0 aromatic heterocycles. The molecule has 1 aliphatic heterocycles. The van der Waals surface area contributed by atoms with Gasteiger partial charge in [-0.3, -0.25) is 4.90 Å². The summed E-state index contributed by atoms with van der Waals surface area (Å²) in [6.07, 6.45) is -4.55. The van der Waals surface area contributed by atoms with Gasteiger partial charge in [0.1, 0.15) is 5.75 Å². The van der Waals surface area contributed by atoms with E-state index in [1.54, 1.807) is 0 Å². The predicted molar refractivity (Wildman–Crippen MR) is 69.0 cm³/mol. The van der Waals surface area contributed by atoms with Crippen LogP contribution in [0, 0.1) is 0 Å². The number of halogens is 4. The summed E-state index contributed by atoms with van der Waals surface area (Å²) in [6, 6.07) is 2.43. The number of phenolic OH excluding ortho intramolecular Hbond substituents is 1. The van der Waals surface area contributed by atoms with Crippen LogP contribution in [0.4, 0.5) is 13.2 Å². The fourth-order valence-electron chi connectivity index (χ4n) is 2.10. The number of piperazine rings is 1. The second kappa shape index (κ2) is 5.68. The van der Waals surface area contributed by atoms with Crippen LogP contribution in [0.1, 0.15) is 11.1 Å². The lowest BCUT2D eigenvalue weighted by molar-refractivity contribution is -0.138. The average molecular weight is 339 g/mol. The molecule has 0 amide bonds. The molecule has 0 saturated carbocycles. The van der Waals surface area contributed by atoms with Gasteiger partial charge < -0.3 is 10.4 Å². The quantitative estimate of drug-likeness (QED) is 0.870. The Morgan fingerprint density at radius 1 is 1.26 bits per heavy atom. The second-order valence-corrected chi connectivity index (χ2v) is 5.40. The van der Waals surface area contributed by atoms with Crippen LogP contribution in [0.2, 0.25) is 0 Å². The van der Waals surface area contributed by atoms with Gasteiger partial charge in [-0.25, -0.2) is 0 Å². The van der Waals surface area contributed by atoms with E-state index in [0.29, 0.717) is 16.6 Å². The van der Waals surface area contributed by atoms with Crippen LogP contribution in [-0.4, -0.2) is 36.2 Å². The normalized spacial score (nSPS) is 17.7. The van der Waals surface area contributed by atoms with Gasteiger partial charge in [-0.15, -0.1) is 0 Å². The van der Waals surface area contributed by atoms with Crippen LogP contribution >= 0.6 is 15.9 Å². The Hall–Kier alpha value is -0.790. The van der Waals surface area contributed by atoms with E-state index in [1.807, 2.05) is 4.90 Å². The van der Waals surface area contributed by atoms with Crippen molar-refractivity contribution in [2.75, 3.05) is 26.2 Å². The molecule has 2 rings (SSSR count). The van der Waals surface area contributed by atoms with Gasteiger partial charge in [0.25, 0.3) is 0 Å². The summed E-state index contributed by atoms with van der Waals surface area (Å²) >= 11 is 3.06. The molecule has 1 aromatic carbocycles. The van der Waals surface area contributed by atoms with E-state index >= 15 is 0 Å². The van der Waals surface area contributed by atoms with E-state index < -0.39 is 17.5 Å². The van der Waals surface area contributed by atoms with E-state index in [9.17, 15) is 18.3 Å². The first-order valence-electron chi connectivity index (χ1n) is 5.89. The summed E-state index contributed by atoms with van der Waals surface area (Å²) in [5, 5.41) is 13.0. The van der Waals surface area contributed by atoms with E-state index in [-0.39, 0.29) is 0 Å². The molecule has 7 heteroatoms. The molecule has 1 heterocycles. The Kier molecular flexibility index (Phi) is 4.37. The number of hydrogen-bond acceptors (Lipinski definition) is 3. The van der Waals surface area contributed by atoms with Crippen molar-refractivity contribution in [2.24, 2.45) is 0 Å². The highest BCUT2D eigenvalue weighted by molar-refractivity contribution is 9.10. The maximum Gasteiger partial charge on any atom is 0.420 e. The van der Waals surface area contributed by atoms with Crippen LogP contribution in [0.25, 0.3) is 0 Å². The highest BCUT2D eigenvalue weighted by atomic mass is 79.9. The maximum absolute atomic E-state index is 12.8. The number of alkyl halides is 3. The first-order chi connectivity index (χ1) is 8.88. The minimum absolute atomic E-state index is 0.295. The minimum Gasteiger partial charge on any atom is -0.507 e. The Balaban J connectivity index is 2.27. The molecule has 0 atom stereocenters. The van der Waals surface area contributed by atoms with Gasteiger partial charge in [0, 0.05) is 42.8 Å². The Labute approximate surface area is 117 Å². The second-order valence-electron chi connectivity index (χ2n) is 4.48. The third kappa shape index (κ3) is 3.61. The Morgan fingerprint density at radius 2 is 1.89 bits per heavy atom. The summed E-state index contributed by atoms with van der Waals surface area (Å²) in [5.41, 5.74) is -0.699. The molecule has 1 saturated heterocycles. The number of aromatic hydroxyl groups is 1. The van der Waals surface area contributed by atoms with Crippen LogP contribution in [0.3, 0.4) is 0 Å². The fraction of sp³-hybridized carbons (Fsp3) is 0.500. The van der Waals surface area contributed by atoms with E-state index in [4.69, 9.17) is 0 Å². The average Bonchev–Trinajstić information content (AvgIpc) is 2.33.